The van der Waals surface area contributed by atoms with E-state index in [2.05, 4.69) is 15.9 Å². The number of sulfonamides is 1. The molecule has 0 spiro atoms. The van der Waals surface area contributed by atoms with Crippen molar-refractivity contribution in [2.75, 3.05) is 6.54 Å². The van der Waals surface area contributed by atoms with E-state index >= 15 is 0 Å². The van der Waals surface area contributed by atoms with Crippen LogP contribution in [0.5, 0.6) is 0 Å². The first-order valence-electron chi connectivity index (χ1n) is 4.03. The molecule has 1 heterocycles. The molecule has 4 nitrogen and oxygen atoms in total. The van der Waals surface area contributed by atoms with E-state index in [0.29, 0.717) is 4.47 Å². The van der Waals surface area contributed by atoms with Crippen LogP contribution in [0.4, 0.5) is 8.78 Å². The molecule has 0 fully saturated rings. The van der Waals surface area contributed by atoms with Gasteiger partial charge >= 0.3 is 0 Å². The third kappa shape index (κ3) is 3.45. The summed E-state index contributed by atoms with van der Waals surface area (Å²) in [5, 5.41) is 10.3. The van der Waals surface area contributed by atoms with E-state index in [1.165, 1.54) is 6.07 Å². The van der Waals surface area contributed by atoms with Crippen molar-refractivity contribution < 1.29 is 22.3 Å². The molecule has 0 saturated carbocycles. The smallest absolute Gasteiger partial charge is 0.265 e. The molecule has 2 N–H and O–H groups in total. The minimum Gasteiger partial charge on any atom is -0.386 e. The molecule has 0 aliphatic heterocycles. The van der Waals surface area contributed by atoms with Crippen molar-refractivity contribution in [3.05, 3.63) is 15.9 Å². The summed E-state index contributed by atoms with van der Waals surface area (Å²) in [5.74, 6) is 0. The van der Waals surface area contributed by atoms with Crippen LogP contribution in [-0.2, 0) is 10.0 Å². The molecular formula is C7H8BrF2NO3S2. The number of hydrogen-bond donors (Lipinski definition) is 2. The van der Waals surface area contributed by atoms with Crippen LogP contribution in [-0.4, -0.2) is 32.6 Å². The van der Waals surface area contributed by atoms with E-state index in [-0.39, 0.29) is 4.21 Å². The van der Waals surface area contributed by atoms with E-state index < -0.39 is 29.1 Å². The topological polar surface area (TPSA) is 66.4 Å². The summed E-state index contributed by atoms with van der Waals surface area (Å²) in [6.07, 6.45) is -4.98. The molecule has 0 saturated heterocycles. The molecule has 0 bridgehead atoms. The van der Waals surface area contributed by atoms with Crippen molar-refractivity contribution in [2.24, 2.45) is 0 Å². The number of halogens is 3. The zero-order valence-corrected chi connectivity index (χ0v) is 10.9. The minimum absolute atomic E-state index is 0.00559. The Morgan fingerprint density at radius 2 is 2.19 bits per heavy atom. The fourth-order valence-electron chi connectivity index (χ4n) is 0.821. The fraction of sp³-hybridized carbons (Fsp3) is 0.429. The van der Waals surface area contributed by atoms with Gasteiger partial charge in [0.15, 0.2) is 0 Å². The Morgan fingerprint density at radius 1 is 1.56 bits per heavy atom. The number of rotatable bonds is 5. The van der Waals surface area contributed by atoms with Gasteiger partial charge in [-0.25, -0.2) is 21.9 Å². The SMILES string of the molecule is O=S(=O)(NCC(O)C(F)F)c1sccc1Br. The lowest BCUT2D eigenvalue weighted by Crippen LogP contribution is -2.35. The molecule has 1 aromatic heterocycles. The summed E-state index contributed by atoms with van der Waals surface area (Å²) in [6, 6.07) is 1.53. The highest BCUT2D eigenvalue weighted by atomic mass is 79.9. The van der Waals surface area contributed by atoms with Gasteiger partial charge in [0.1, 0.15) is 10.3 Å². The predicted molar refractivity (Wildman–Crippen MR) is 59.2 cm³/mol. The summed E-state index contributed by atoms with van der Waals surface area (Å²) in [7, 11) is -3.85. The summed E-state index contributed by atoms with van der Waals surface area (Å²) in [6.45, 7) is -0.718. The second kappa shape index (κ2) is 5.50. The highest BCUT2D eigenvalue weighted by Gasteiger charge is 2.23. The average molecular weight is 336 g/mol. The van der Waals surface area contributed by atoms with Gasteiger partial charge in [-0.3, -0.25) is 0 Å². The Morgan fingerprint density at radius 3 is 2.62 bits per heavy atom. The maximum Gasteiger partial charge on any atom is 0.265 e. The second-order valence-corrected chi connectivity index (χ2v) is 6.54. The van der Waals surface area contributed by atoms with Crippen LogP contribution in [0.2, 0.25) is 0 Å². The first-order valence-corrected chi connectivity index (χ1v) is 7.19. The molecule has 0 aliphatic rings. The molecule has 0 aromatic carbocycles. The quantitative estimate of drug-likeness (QED) is 0.855. The van der Waals surface area contributed by atoms with Gasteiger partial charge in [-0.2, -0.15) is 0 Å². The average Bonchev–Trinajstić information content (AvgIpc) is 2.61. The summed E-state index contributed by atoms with van der Waals surface area (Å²) in [5.41, 5.74) is 0. The van der Waals surface area contributed by atoms with Crippen molar-refractivity contribution in [1.82, 2.24) is 4.72 Å². The lowest BCUT2D eigenvalue weighted by atomic mass is 10.4. The lowest BCUT2D eigenvalue weighted by molar-refractivity contribution is -0.000446. The number of aliphatic hydroxyl groups is 1. The number of alkyl halides is 2. The Labute approximate surface area is 103 Å². The first kappa shape index (κ1) is 14.0. The van der Waals surface area contributed by atoms with Crippen molar-refractivity contribution in [3.8, 4) is 0 Å². The Bertz CT molecular complexity index is 448. The van der Waals surface area contributed by atoms with Crippen molar-refractivity contribution in [3.63, 3.8) is 0 Å². The van der Waals surface area contributed by atoms with Crippen molar-refractivity contribution >= 4 is 37.3 Å². The van der Waals surface area contributed by atoms with Crippen LogP contribution in [0.15, 0.2) is 20.1 Å². The molecule has 1 atom stereocenters. The van der Waals surface area contributed by atoms with E-state index in [9.17, 15) is 17.2 Å². The highest BCUT2D eigenvalue weighted by Crippen LogP contribution is 2.27. The molecule has 16 heavy (non-hydrogen) atoms. The second-order valence-electron chi connectivity index (χ2n) is 2.81. The molecule has 1 unspecified atom stereocenters. The van der Waals surface area contributed by atoms with Gasteiger partial charge in [-0.05, 0) is 27.4 Å². The van der Waals surface area contributed by atoms with Crippen LogP contribution in [0.25, 0.3) is 0 Å². The van der Waals surface area contributed by atoms with Gasteiger partial charge < -0.3 is 5.11 Å². The molecule has 1 rings (SSSR count). The monoisotopic (exact) mass is 335 g/mol. The number of thiophene rings is 1. The summed E-state index contributed by atoms with van der Waals surface area (Å²) in [4.78, 5) is 0. The van der Waals surface area contributed by atoms with Crippen molar-refractivity contribution in [2.45, 2.75) is 16.7 Å². The number of aliphatic hydroxyl groups excluding tert-OH is 1. The molecule has 0 amide bonds. The fourth-order valence-corrected chi connectivity index (χ4v) is 4.25. The Balaban J connectivity index is 2.71. The molecule has 1 aromatic rings. The third-order valence-corrected chi connectivity index (χ3v) is 5.70. The molecule has 0 radical (unpaired) electrons. The van der Waals surface area contributed by atoms with Crippen LogP contribution in [0.1, 0.15) is 0 Å². The van der Waals surface area contributed by atoms with Gasteiger partial charge in [0.25, 0.3) is 16.4 Å². The molecule has 92 valence electrons. The van der Waals surface area contributed by atoms with Crippen molar-refractivity contribution in [1.29, 1.82) is 0 Å². The zero-order valence-electron chi connectivity index (χ0n) is 7.73. The number of nitrogens with one attached hydrogen (secondary N) is 1. The van der Waals surface area contributed by atoms with E-state index in [1.54, 1.807) is 5.38 Å². The lowest BCUT2D eigenvalue weighted by Gasteiger charge is -2.10. The maximum absolute atomic E-state index is 11.9. The van der Waals surface area contributed by atoms with Crippen LogP contribution >= 0.6 is 27.3 Å². The van der Waals surface area contributed by atoms with Crippen LogP contribution in [0.3, 0.4) is 0 Å². The standard InChI is InChI=1S/C7H8BrF2NO3S2/c8-4-1-2-15-7(4)16(13,14)11-3-5(12)6(9)10/h1-2,5-6,11-12H,3H2. The van der Waals surface area contributed by atoms with E-state index in [0.717, 1.165) is 11.3 Å². The Hall–Kier alpha value is -0.0900. The van der Waals surface area contributed by atoms with Gasteiger partial charge in [-0.1, -0.05) is 0 Å². The zero-order chi connectivity index (χ0) is 12.3. The molecular weight excluding hydrogens is 328 g/mol. The van der Waals surface area contributed by atoms with Crippen LogP contribution in [0, 0.1) is 0 Å². The number of hydrogen-bond acceptors (Lipinski definition) is 4. The predicted octanol–water partition coefficient (Wildman–Crippen LogP) is 1.41. The molecule has 0 aliphatic carbocycles. The minimum atomic E-state index is -3.85. The highest BCUT2D eigenvalue weighted by molar-refractivity contribution is 9.10. The van der Waals surface area contributed by atoms with E-state index in [4.69, 9.17) is 5.11 Å². The summed E-state index contributed by atoms with van der Waals surface area (Å²) < 4.78 is 49.2. The van der Waals surface area contributed by atoms with Gasteiger partial charge in [-0.15, -0.1) is 11.3 Å². The maximum atomic E-state index is 11.9. The van der Waals surface area contributed by atoms with Gasteiger partial charge in [0.05, 0.1) is 0 Å². The third-order valence-electron chi connectivity index (χ3n) is 1.60. The van der Waals surface area contributed by atoms with Gasteiger partial charge in [0, 0.05) is 11.0 Å². The van der Waals surface area contributed by atoms with Gasteiger partial charge in [0.2, 0.25) is 0 Å². The van der Waals surface area contributed by atoms with Crippen LogP contribution < -0.4 is 4.72 Å². The first-order chi connectivity index (χ1) is 7.34. The normalized spacial score (nSPS) is 14.3. The molecule has 9 heteroatoms. The summed E-state index contributed by atoms with van der Waals surface area (Å²) >= 11 is 3.97. The van der Waals surface area contributed by atoms with E-state index in [1.807, 2.05) is 4.72 Å². The largest absolute Gasteiger partial charge is 0.386 e. The Kier molecular flexibility index (Phi) is 4.80.